The van der Waals surface area contributed by atoms with Crippen molar-refractivity contribution in [3.05, 3.63) is 52.7 Å². The molecule has 4 atom stereocenters. The maximum Gasteiger partial charge on any atom is 0.410 e. The SMILES string of the molecule is CC1[C@H]2CCC(N3CCOC3=O)(C(N)=C2/C=C(\N)c2c(F)cccc2F)[C@H]1C. The second kappa shape index (κ2) is 6.50. The monoisotopic (exact) mass is 389 g/mol. The first kappa shape index (κ1) is 18.8. The number of halogens is 2. The van der Waals surface area contributed by atoms with Crippen LogP contribution in [-0.4, -0.2) is 29.7 Å². The number of carbonyl (C=O) groups is 1. The fourth-order valence-electron chi connectivity index (χ4n) is 5.40. The maximum absolute atomic E-state index is 14.2. The molecule has 5 nitrogen and oxygen atoms in total. The number of ether oxygens (including phenoxy) is 1. The van der Waals surface area contributed by atoms with Gasteiger partial charge in [-0.15, -0.1) is 0 Å². The van der Waals surface area contributed by atoms with Gasteiger partial charge in [-0.3, -0.25) is 4.90 Å². The van der Waals surface area contributed by atoms with E-state index in [1.54, 1.807) is 11.0 Å². The molecule has 2 unspecified atom stereocenters. The van der Waals surface area contributed by atoms with Crippen LogP contribution in [0.5, 0.6) is 0 Å². The number of hydrogen-bond acceptors (Lipinski definition) is 4. The van der Waals surface area contributed by atoms with Crippen molar-refractivity contribution in [1.82, 2.24) is 4.90 Å². The molecule has 1 amide bonds. The molecule has 4 aliphatic rings. The lowest BCUT2D eigenvalue weighted by Gasteiger charge is -2.58. The molecule has 2 bridgehead atoms. The standard InChI is InChI=1S/C21H25F2N3O2/c1-11-12(2)21(26-8-9-28-20(26)27)7-6-13(11)14(19(21)25)10-17(24)18-15(22)4-3-5-16(18)23/h3-5,10-13H,6-9,24-25H2,1-2H3/b17-10-/t11?,12-,13+,21?/m0/s1. The number of carbonyl (C=O) groups excluding carboxylic acids is 1. The Bertz CT molecular complexity index is 877. The fourth-order valence-corrected chi connectivity index (χ4v) is 5.40. The zero-order valence-electron chi connectivity index (χ0n) is 16.0. The molecule has 2 fully saturated rings. The Labute approximate surface area is 163 Å². The Morgan fingerprint density at radius 1 is 1.32 bits per heavy atom. The van der Waals surface area contributed by atoms with Crippen molar-refractivity contribution < 1.29 is 18.3 Å². The lowest BCUT2D eigenvalue weighted by atomic mass is 9.54. The third kappa shape index (κ3) is 2.45. The van der Waals surface area contributed by atoms with E-state index in [1.807, 2.05) is 0 Å². The van der Waals surface area contributed by atoms with Crippen LogP contribution in [0.4, 0.5) is 13.6 Å². The van der Waals surface area contributed by atoms with E-state index in [4.69, 9.17) is 16.2 Å². The molecular weight excluding hydrogens is 364 g/mol. The average Bonchev–Trinajstić information content (AvgIpc) is 3.08. The van der Waals surface area contributed by atoms with Crippen LogP contribution >= 0.6 is 0 Å². The lowest BCUT2D eigenvalue weighted by molar-refractivity contribution is 0.00581. The molecule has 3 aliphatic carbocycles. The fraction of sp³-hybridized carbons (Fsp3) is 0.476. The highest BCUT2D eigenvalue weighted by Crippen LogP contribution is 2.56. The number of allylic oxidation sites excluding steroid dienone is 2. The zero-order chi connectivity index (χ0) is 20.2. The van der Waals surface area contributed by atoms with Gasteiger partial charge in [-0.1, -0.05) is 19.9 Å². The minimum absolute atomic E-state index is 0.0000940. The summed E-state index contributed by atoms with van der Waals surface area (Å²) in [6, 6.07) is 3.65. The largest absolute Gasteiger partial charge is 0.448 e. The van der Waals surface area contributed by atoms with Crippen LogP contribution in [0.1, 0.15) is 32.3 Å². The summed E-state index contributed by atoms with van der Waals surface area (Å²) in [6.45, 7) is 5.06. The topological polar surface area (TPSA) is 81.6 Å². The summed E-state index contributed by atoms with van der Waals surface area (Å²) in [4.78, 5) is 14.1. The Balaban J connectivity index is 1.85. The number of amides is 1. The highest BCUT2D eigenvalue weighted by atomic mass is 19.1. The van der Waals surface area contributed by atoms with Crippen molar-refractivity contribution in [2.24, 2.45) is 29.2 Å². The van der Waals surface area contributed by atoms with Gasteiger partial charge in [0, 0.05) is 11.4 Å². The molecule has 1 aliphatic heterocycles. The number of cyclic esters (lactones) is 1. The Morgan fingerprint density at radius 3 is 2.61 bits per heavy atom. The van der Waals surface area contributed by atoms with Gasteiger partial charge in [0.1, 0.15) is 18.2 Å². The molecule has 1 aromatic carbocycles. The molecule has 0 radical (unpaired) electrons. The number of benzene rings is 1. The van der Waals surface area contributed by atoms with Crippen molar-refractivity contribution >= 4 is 11.8 Å². The molecule has 4 N–H and O–H groups in total. The normalized spacial score (nSPS) is 32.9. The van der Waals surface area contributed by atoms with E-state index in [0.29, 0.717) is 18.8 Å². The van der Waals surface area contributed by atoms with Crippen LogP contribution in [0, 0.1) is 29.4 Å². The maximum atomic E-state index is 14.2. The smallest absolute Gasteiger partial charge is 0.410 e. The summed E-state index contributed by atoms with van der Waals surface area (Å²) < 4.78 is 33.5. The molecule has 1 saturated heterocycles. The van der Waals surface area contributed by atoms with Crippen LogP contribution in [-0.2, 0) is 4.74 Å². The Hall–Kier alpha value is -2.57. The van der Waals surface area contributed by atoms with Crippen LogP contribution in [0.3, 0.4) is 0 Å². The quantitative estimate of drug-likeness (QED) is 0.831. The first-order chi connectivity index (χ1) is 13.3. The van der Waals surface area contributed by atoms with Gasteiger partial charge in [-0.05, 0) is 54.4 Å². The van der Waals surface area contributed by atoms with Crippen LogP contribution < -0.4 is 11.5 Å². The van der Waals surface area contributed by atoms with E-state index in [-0.39, 0.29) is 35.1 Å². The van der Waals surface area contributed by atoms with Gasteiger partial charge in [-0.2, -0.15) is 0 Å². The van der Waals surface area contributed by atoms with Crippen LogP contribution in [0.15, 0.2) is 35.5 Å². The molecule has 1 aromatic rings. The van der Waals surface area contributed by atoms with Gasteiger partial charge in [0.2, 0.25) is 0 Å². The van der Waals surface area contributed by atoms with Gasteiger partial charge in [-0.25, -0.2) is 13.6 Å². The molecule has 1 saturated carbocycles. The lowest BCUT2D eigenvalue weighted by Crippen LogP contribution is -2.64. The van der Waals surface area contributed by atoms with Gasteiger partial charge in [0.25, 0.3) is 0 Å². The van der Waals surface area contributed by atoms with Crippen molar-refractivity contribution in [2.45, 2.75) is 32.2 Å². The Morgan fingerprint density at radius 2 is 2.00 bits per heavy atom. The van der Waals surface area contributed by atoms with Crippen LogP contribution in [0.2, 0.25) is 0 Å². The third-order valence-corrected chi connectivity index (χ3v) is 6.99. The van der Waals surface area contributed by atoms with E-state index in [1.165, 1.54) is 18.2 Å². The van der Waals surface area contributed by atoms with Crippen molar-refractivity contribution in [1.29, 1.82) is 0 Å². The molecule has 1 heterocycles. The van der Waals surface area contributed by atoms with E-state index in [9.17, 15) is 13.6 Å². The number of nitrogens with zero attached hydrogens (tertiary/aromatic N) is 1. The predicted molar refractivity (Wildman–Crippen MR) is 102 cm³/mol. The first-order valence-corrected chi connectivity index (χ1v) is 9.65. The molecule has 0 spiro atoms. The summed E-state index contributed by atoms with van der Waals surface area (Å²) in [5.41, 5.74) is 13.2. The van der Waals surface area contributed by atoms with E-state index < -0.39 is 17.2 Å². The molecular formula is C21H25F2N3O2. The summed E-state index contributed by atoms with van der Waals surface area (Å²) in [5, 5.41) is 0. The predicted octanol–water partition coefficient (Wildman–Crippen LogP) is 3.36. The number of rotatable bonds is 3. The summed E-state index contributed by atoms with van der Waals surface area (Å²) in [5.74, 6) is -0.926. The highest BCUT2D eigenvalue weighted by Gasteiger charge is 2.58. The van der Waals surface area contributed by atoms with Crippen molar-refractivity contribution in [3.63, 3.8) is 0 Å². The molecule has 5 rings (SSSR count). The molecule has 7 heteroatoms. The van der Waals surface area contributed by atoms with E-state index in [2.05, 4.69) is 13.8 Å². The van der Waals surface area contributed by atoms with Gasteiger partial charge in [0.05, 0.1) is 17.6 Å². The van der Waals surface area contributed by atoms with Gasteiger partial charge < -0.3 is 16.2 Å². The number of fused-ring (bicyclic) bond motifs is 2. The van der Waals surface area contributed by atoms with E-state index in [0.717, 1.165) is 18.4 Å². The van der Waals surface area contributed by atoms with Crippen molar-refractivity contribution in [3.8, 4) is 0 Å². The molecule has 150 valence electrons. The minimum atomic E-state index is -0.715. The second-order valence-electron chi connectivity index (χ2n) is 8.05. The minimum Gasteiger partial charge on any atom is -0.448 e. The highest BCUT2D eigenvalue weighted by molar-refractivity contribution is 5.73. The van der Waals surface area contributed by atoms with Crippen molar-refractivity contribution in [2.75, 3.05) is 13.2 Å². The Kier molecular flexibility index (Phi) is 4.36. The first-order valence-electron chi connectivity index (χ1n) is 9.65. The summed E-state index contributed by atoms with van der Waals surface area (Å²) in [6.07, 6.45) is 2.81. The van der Waals surface area contributed by atoms with Crippen LogP contribution in [0.25, 0.3) is 5.70 Å². The third-order valence-electron chi connectivity index (χ3n) is 6.99. The number of hydrogen-bond donors (Lipinski definition) is 2. The summed E-state index contributed by atoms with van der Waals surface area (Å²) in [7, 11) is 0. The average molecular weight is 389 g/mol. The van der Waals surface area contributed by atoms with Gasteiger partial charge >= 0.3 is 6.09 Å². The molecule has 0 aromatic heterocycles. The van der Waals surface area contributed by atoms with E-state index >= 15 is 0 Å². The number of nitrogens with two attached hydrogens (primary N) is 2. The zero-order valence-corrected chi connectivity index (χ0v) is 16.0. The van der Waals surface area contributed by atoms with Gasteiger partial charge in [0.15, 0.2) is 0 Å². The second-order valence-corrected chi connectivity index (χ2v) is 8.05. The molecule has 28 heavy (non-hydrogen) atoms. The summed E-state index contributed by atoms with van der Waals surface area (Å²) >= 11 is 0.